The van der Waals surface area contributed by atoms with Gasteiger partial charge in [-0.05, 0) is 19.1 Å². The van der Waals surface area contributed by atoms with Gasteiger partial charge in [-0.25, -0.2) is 4.98 Å². The molecule has 2 aromatic heterocycles. The molecule has 22 heavy (non-hydrogen) atoms. The Balaban J connectivity index is 1.76. The van der Waals surface area contributed by atoms with E-state index in [9.17, 15) is 9.59 Å². The number of benzene rings is 1. The highest BCUT2D eigenvalue weighted by molar-refractivity contribution is 5.77. The van der Waals surface area contributed by atoms with Crippen molar-refractivity contribution in [2.24, 2.45) is 0 Å². The van der Waals surface area contributed by atoms with Gasteiger partial charge in [0.15, 0.2) is 0 Å². The predicted molar refractivity (Wildman–Crippen MR) is 77.0 cm³/mol. The number of aryl methyl sites for hydroxylation is 1. The number of hydrogen-bond acceptors (Lipinski definition) is 6. The molecule has 7 nitrogen and oxygen atoms in total. The zero-order valence-corrected chi connectivity index (χ0v) is 11.9. The molecule has 0 N–H and O–H groups in total. The van der Waals surface area contributed by atoms with E-state index in [1.165, 1.54) is 10.8 Å². The van der Waals surface area contributed by atoms with Crippen LogP contribution in [0.5, 0.6) is 0 Å². The number of ether oxygens (including phenoxy) is 1. The molecule has 112 valence electrons. The molecule has 0 atom stereocenters. The van der Waals surface area contributed by atoms with Gasteiger partial charge in [0.2, 0.25) is 0 Å². The number of hydrogen-bond donors (Lipinski definition) is 0. The average Bonchev–Trinajstić information content (AvgIpc) is 2.94. The first-order valence-corrected chi connectivity index (χ1v) is 6.66. The van der Waals surface area contributed by atoms with E-state index in [-0.39, 0.29) is 18.7 Å². The van der Waals surface area contributed by atoms with E-state index in [4.69, 9.17) is 9.26 Å². The normalized spacial score (nSPS) is 10.8. The van der Waals surface area contributed by atoms with Gasteiger partial charge in [0.05, 0.1) is 17.2 Å². The number of carbonyl (C=O) groups excluding carboxylic acids is 1. The molecule has 3 aromatic rings. The average molecular weight is 299 g/mol. The summed E-state index contributed by atoms with van der Waals surface area (Å²) in [6, 6.07) is 8.78. The smallest absolute Gasteiger partial charge is 0.326 e. The Labute approximate surface area is 125 Å². The molecule has 0 spiro atoms. The number of esters is 1. The second-order valence-corrected chi connectivity index (χ2v) is 4.76. The second-order valence-electron chi connectivity index (χ2n) is 4.76. The van der Waals surface area contributed by atoms with E-state index in [1.807, 2.05) is 6.07 Å². The van der Waals surface area contributed by atoms with E-state index in [2.05, 4.69) is 10.1 Å². The van der Waals surface area contributed by atoms with Crippen LogP contribution in [-0.2, 0) is 22.7 Å². The summed E-state index contributed by atoms with van der Waals surface area (Å²) in [5.74, 6) is 0.113. The molecule has 0 saturated carbocycles. The zero-order chi connectivity index (χ0) is 15.5. The standard InChI is InChI=1S/C15H13N3O4/c1-10-6-11(17-22-10)9-21-15(20)8-18-13-5-3-2-4-12(13)16-7-14(18)19/h2-7H,8-9H2,1H3. The molecule has 3 rings (SSSR count). The van der Waals surface area contributed by atoms with Crippen LogP contribution >= 0.6 is 0 Å². The minimum absolute atomic E-state index is 0.00788. The highest BCUT2D eigenvalue weighted by Gasteiger charge is 2.11. The van der Waals surface area contributed by atoms with Crippen LogP contribution in [-0.4, -0.2) is 20.7 Å². The lowest BCUT2D eigenvalue weighted by molar-refractivity contribution is -0.145. The molecule has 0 amide bonds. The predicted octanol–water partition coefficient (Wildman–Crippen LogP) is 1.44. The molecular weight excluding hydrogens is 286 g/mol. The Kier molecular flexibility index (Phi) is 3.69. The van der Waals surface area contributed by atoms with Crippen LogP contribution in [0.25, 0.3) is 11.0 Å². The van der Waals surface area contributed by atoms with Crippen LogP contribution in [0, 0.1) is 6.92 Å². The van der Waals surface area contributed by atoms with Crippen LogP contribution in [0.3, 0.4) is 0 Å². The van der Waals surface area contributed by atoms with Crippen molar-refractivity contribution in [1.82, 2.24) is 14.7 Å². The summed E-state index contributed by atoms with van der Waals surface area (Å²) in [7, 11) is 0. The maximum atomic E-state index is 11.9. The second kappa shape index (κ2) is 5.80. The third-order valence-electron chi connectivity index (χ3n) is 3.10. The quantitative estimate of drug-likeness (QED) is 0.677. The van der Waals surface area contributed by atoms with Crippen LogP contribution < -0.4 is 5.56 Å². The fraction of sp³-hybridized carbons (Fsp3) is 0.200. The summed E-state index contributed by atoms with van der Waals surface area (Å²) in [4.78, 5) is 27.9. The molecule has 0 saturated heterocycles. The first kappa shape index (κ1) is 14.0. The highest BCUT2D eigenvalue weighted by atomic mass is 16.5. The first-order valence-electron chi connectivity index (χ1n) is 6.66. The molecule has 0 aliphatic carbocycles. The van der Waals surface area contributed by atoms with Gasteiger partial charge in [-0.3, -0.25) is 14.2 Å². The third kappa shape index (κ3) is 2.88. The van der Waals surface area contributed by atoms with E-state index in [1.54, 1.807) is 31.2 Å². The molecule has 0 aliphatic rings. The van der Waals surface area contributed by atoms with Crippen molar-refractivity contribution in [1.29, 1.82) is 0 Å². The Morgan fingerprint density at radius 2 is 2.18 bits per heavy atom. The Morgan fingerprint density at radius 1 is 1.36 bits per heavy atom. The molecular formula is C15H13N3O4. The monoisotopic (exact) mass is 299 g/mol. The van der Waals surface area contributed by atoms with Crippen molar-refractivity contribution in [3.63, 3.8) is 0 Å². The number of rotatable bonds is 4. The van der Waals surface area contributed by atoms with Crippen molar-refractivity contribution in [2.45, 2.75) is 20.1 Å². The maximum absolute atomic E-state index is 11.9. The van der Waals surface area contributed by atoms with E-state index in [0.29, 0.717) is 22.5 Å². The van der Waals surface area contributed by atoms with Gasteiger partial charge in [0, 0.05) is 6.07 Å². The molecule has 0 bridgehead atoms. The summed E-state index contributed by atoms with van der Waals surface area (Å²) in [5.41, 5.74) is 1.40. The van der Waals surface area contributed by atoms with Crippen LogP contribution in [0.2, 0.25) is 0 Å². The van der Waals surface area contributed by atoms with Gasteiger partial charge in [-0.2, -0.15) is 0 Å². The molecule has 0 radical (unpaired) electrons. The van der Waals surface area contributed by atoms with Crippen LogP contribution in [0.1, 0.15) is 11.5 Å². The minimum Gasteiger partial charge on any atom is -0.458 e. The topological polar surface area (TPSA) is 87.2 Å². The summed E-state index contributed by atoms with van der Waals surface area (Å²) in [5, 5.41) is 3.73. The Hall–Kier alpha value is -2.96. The van der Waals surface area contributed by atoms with Gasteiger partial charge >= 0.3 is 5.97 Å². The van der Waals surface area contributed by atoms with Crippen molar-refractivity contribution in [2.75, 3.05) is 0 Å². The van der Waals surface area contributed by atoms with Crippen molar-refractivity contribution in [3.05, 3.63) is 58.3 Å². The Bertz CT molecular complexity index is 882. The number of aromatic nitrogens is 3. The fourth-order valence-corrected chi connectivity index (χ4v) is 2.09. The van der Waals surface area contributed by atoms with Crippen LogP contribution in [0.15, 0.2) is 45.8 Å². The molecule has 7 heteroatoms. The van der Waals surface area contributed by atoms with Gasteiger partial charge in [-0.1, -0.05) is 17.3 Å². The lowest BCUT2D eigenvalue weighted by Crippen LogP contribution is -2.25. The van der Waals surface area contributed by atoms with Gasteiger partial charge in [0.1, 0.15) is 24.6 Å². The van der Waals surface area contributed by atoms with E-state index < -0.39 is 5.97 Å². The zero-order valence-electron chi connectivity index (χ0n) is 11.9. The lowest BCUT2D eigenvalue weighted by atomic mass is 10.3. The summed E-state index contributed by atoms with van der Waals surface area (Å²) < 4.78 is 11.3. The SMILES string of the molecule is Cc1cc(COC(=O)Cn2c(=O)cnc3ccccc32)no1. The van der Waals surface area contributed by atoms with Crippen molar-refractivity contribution >= 4 is 17.0 Å². The fourth-order valence-electron chi connectivity index (χ4n) is 2.09. The first-order chi connectivity index (χ1) is 10.6. The van der Waals surface area contributed by atoms with Crippen LogP contribution in [0.4, 0.5) is 0 Å². The molecule has 0 fully saturated rings. The molecule has 0 aliphatic heterocycles. The summed E-state index contributed by atoms with van der Waals surface area (Å²) >= 11 is 0. The van der Waals surface area contributed by atoms with E-state index in [0.717, 1.165) is 0 Å². The molecule has 1 aromatic carbocycles. The molecule has 2 heterocycles. The van der Waals surface area contributed by atoms with Gasteiger partial charge < -0.3 is 9.26 Å². The van der Waals surface area contributed by atoms with Gasteiger partial charge in [0.25, 0.3) is 5.56 Å². The third-order valence-corrected chi connectivity index (χ3v) is 3.10. The van der Waals surface area contributed by atoms with Gasteiger partial charge in [-0.15, -0.1) is 0 Å². The number of fused-ring (bicyclic) bond motifs is 1. The largest absolute Gasteiger partial charge is 0.458 e. The summed E-state index contributed by atoms with van der Waals surface area (Å²) in [6.07, 6.45) is 1.19. The number of nitrogens with zero attached hydrogens (tertiary/aromatic N) is 3. The summed E-state index contributed by atoms with van der Waals surface area (Å²) in [6.45, 7) is 1.58. The maximum Gasteiger partial charge on any atom is 0.326 e. The minimum atomic E-state index is -0.529. The number of para-hydroxylation sites is 2. The Morgan fingerprint density at radius 3 is 2.95 bits per heavy atom. The molecule has 0 unspecified atom stereocenters. The van der Waals surface area contributed by atoms with E-state index >= 15 is 0 Å². The highest BCUT2D eigenvalue weighted by Crippen LogP contribution is 2.09. The lowest BCUT2D eigenvalue weighted by Gasteiger charge is -2.08. The number of carbonyl (C=O) groups is 1. The van der Waals surface area contributed by atoms with Crippen molar-refractivity contribution < 1.29 is 14.1 Å². The van der Waals surface area contributed by atoms with Crippen molar-refractivity contribution in [3.8, 4) is 0 Å².